The Balaban J connectivity index is 1.07. The molecule has 39 heavy (non-hydrogen) atoms. The fourth-order valence-corrected chi connectivity index (χ4v) is 8.80. The fraction of sp³-hybridized carbons (Fsp3) is 0.633. The number of benzene rings is 1. The summed E-state index contributed by atoms with van der Waals surface area (Å²) in [6, 6.07) is 3.01. The predicted molar refractivity (Wildman–Crippen MR) is 147 cm³/mol. The van der Waals surface area contributed by atoms with Crippen LogP contribution in [0, 0.1) is 23.1 Å². The molecule has 2 bridgehead atoms. The summed E-state index contributed by atoms with van der Waals surface area (Å²) in [5.41, 5.74) is 8.91. The summed E-state index contributed by atoms with van der Waals surface area (Å²) in [4.78, 5) is 31.6. The number of nitrogens with zero attached hydrogens (tertiary/aromatic N) is 2. The van der Waals surface area contributed by atoms with Gasteiger partial charge in [-0.3, -0.25) is 4.79 Å². The van der Waals surface area contributed by atoms with Crippen molar-refractivity contribution in [3.63, 3.8) is 0 Å². The SMILES string of the molecule is NC(=C(COC1CC2CC[C@@H](C1)N2c1nc2c(F)cc(C(=O)O)cc2s1)C(=O)C1CC1)C1CCCCC12CC2. The molecule has 3 saturated carbocycles. The van der Waals surface area contributed by atoms with E-state index in [2.05, 4.69) is 9.88 Å². The number of aromatic carboxylic acids is 1. The number of anilines is 1. The van der Waals surface area contributed by atoms with Gasteiger partial charge in [-0.15, -0.1) is 0 Å². The lowest BCUT2D eigenvalue weighted by Crippen LogP contribution is -2.45. The number of allylic oxidation sites excluding steroid dienone is 1. The Morgan fingerprint density at radius 3 is 2.51 bits per heavy atom. The molecule has 3 heterocycles. The molecule has 0 radical (unpaired) electrons. The molecule has 2 aromatic rings. The number of fused-ring (bicyclic) bond motifs is 3. The summed E-state index contributed by atoms with van der Waals surface area (Å²) in [6.07, 6.45) is 12.9. The highest BCUT2D eigenvalue weighted by atomic mass is 32.1. The maximum atomic E-state index is 14.6. The number of hydrogen-bond acceptors (Lipinski definition) is 7. The molecular weight excluding hydrogens is 517 g/mol. The summed E-state index contributed by atoms with van der Waals surface area (Å²) >= 11 is 1.36. The van der Waals surface area contributed by atoms with Crippen molar-refractivity contribution in [3.05, 3.63) is 34.8 Å². The monoisotopic (exact) mass is 553 g/mol. The lowest BCUT2D eigenvalue weighted by Gasteiger charge is -2.39. The van der Waals surface area contributed by atoms with Gasteiger partial charge in [0.05, 0.1) is 23.0 Å². The number of Topliss-reactive ketones (excluding diaryl/α,β-unsaturated/α-hetero) is 1. The lowest BCUT2D eigenvalue weighted by atomic mass is 9.73. The van der Waals surface area contributed by atoms with E-state index in [0.29, 0.717) is 22.6 Å². The van der Waals surface area contributed by atoms with Crippen molar-refractivity contribution in [2.45, 2.75) is 95.2 Å². The molecule has 5 fully saturated rings. The summed E-state index contributed by atoms with van der Waals surface area (Å²) in [6.45, 7) is 0.308. The van der Waals surface area contributed by atoms with Crippen LogP contribution in [-0.2, 0) is 9.53 Å². The molecule has 7 nitrogen and oxygen atoms in total. The smallest absolute Gasteiger partial charge is 0.335 e. The van der Waals surface area contributed by atoms with E-state index in [1.54, 1.807) is 0 Å². The van der Waals surface area contributed by atoms with Gasteiger partial charge in [-0.05, 0) is 81.8 Å². The summed E-state index contributed by atoms with van der Waals surface area (Å²) < 4.78 is 21.7. The first-order chi connectivity index (χ1) is 18.8. The van der Waals surface area contributed by atoms with Crippen LogP contribution in [0.2, 0.25) is 0 Å². The first-order valence-corrected chi connectivity index (χ1v) is 15.4. The molecule has 4 atom stereocenters. The van der Waals surface area contributed by atoms with Crippen LogP contribution < -0.4 is 10.6 Å². The topological polar surface area (TPSA) is 106 Å². The molecule has 2 saturated heterocycles. The Kier molecular flexibility index (Phi) is 6.23. The zero-order valence-corrected chi connectivity index (χ0v) is 23.0. The Morgan fingerprint density at radius 2 is 1.85 bits per heavy atom. The van der Waals surface area contributed by atoms with E-state index in [9.17, 15) is 19.1 Å². The van der Waals surface area contributed by atoms with Gasteiger partial charge in [-0.2, -0.15) is 0 Å². The van der Waals surface area contributed by atoms with Crippen LogP contribution in [0.4, 0.5) is 9.52 Å². The number of ketones is 1. The number of aromatic nitrogens is 1. The zero-order valence-electron chi connectivity index (χ0n) is 22.2. The Bertz CT molecular complexity index is 1350. The number of carbonyl (C=O) groups excluding carboxylic acids is 1. The summed E-state index contributed by atoms with van der Waals surface area (Å²) in [5.74, 6) is -1.08. The first kappa shape index (κ1) is 25.4. The molecule has 1 aromatic carbocycles. The van der Waals surface area contributed by atoms with Crippen molar-refractivity contribution in [1.29, 1.82) is 0 Å². The average molecular weight is 554 g/mol. The number of carbonyl (C=O) groups is 2. The van der Waals surface area contributed by atoms with E-state index in [-0.39, 0.29) is 41.0 Å². The molecule has 2 aliphatic heterocycles. The van der Waals surface area contributed by atoms with Gasteiger partial charge in [0, 0.05) is 35.2 Å². The number of ether oxygens (including phenoxy) is 1. The van der Waals surface area contributed by atoms with Crippen LogP contribution in [0.3, 0.4) is 0 Å². The van der Waals surface area contributed by atoms with Crippen LogP contribution >= 0.6 is 11.3 Å². The zero-order chi connectivity index (χ0) is 26.9. The largest absolute Gasteiger partial charge is 0.478 e. The minimum absolute atomic E-state index is 0.0412. The van der Waals surface area contributed by atoms with E-state index in [4.69, 9.17) is 10.5 Å². The number of carboxylic acids is 1. The molecule has 0 amide bonds. The third-order valence-corrected chi connectivity index (χ3v) is 11.1. The van der Waals surface area contributed by atoms with Crippen molar-refractivity contribution in [2.75, 3.05) is 11.5 Å². The molecular formula is C30H36FN3O4S. The van der Waals surface area contributed by atoms with Crippen LogP contribution in [0.5, 0.6) is 0 Å². The molecule has 3 aliphatic carbocycles. The van der Waals surface area contributed by atoms with Crippen LogP contribution in [0.1, 0.15) is 87.4 Å². The van der Waals surface area contributed by atoms with E-state index >= 15 is 0 Å². The van der Waals surface area contributed by atoms with Gasteiger partial charge in [0.1, 0.15) is 5.52 Å². The van der Waals surface area contributed by atoms with E-state index < -0.39 is 11.8 Å². The van der Waals surface area contributed by atoms with Gasteiger partial charge in [-0.25, -0.2) is 14.2 Å². The Labute approximate surface area is 231 Å². The van der Waals surface area contributed by atoms with Crippen molar-refractivity contribution in [2.24, 2.45) is 23.0 Å². The van der Waals surface area contributed by atoms with E-state index in [1.807, 2.05) is 0 Å². The highest BCUT2D eigenvalue weighted by Gasteiger charge is 2.52. The summed E-state index contributed by atoms with van der Waals surface area (Å²) in [7, 11) is 0. The Morgan fingerprint density at radius 1 is 1.10 bits per heavy atom. The minimum atomic E-state index is -1.14. The number of nitrogens with two attached hydrogens (primary N) is 1. The second kappa shape index (κ2) is 9.54. The van der Waals surface area contributed by atoms with Gasteiger partial charge in [0.15, 0.2) is 16.7 Å². The van der Waals surface area contributed by atoms with Crippen molar-refractivity contribution >= 4 is 38.4 Å². The fourth-order valence-electron chi connectivity index (χ4n) is 7.64. The standard InChI is InChI=1S/C30H36FN3O4S/c31-23-11-17(28(36)37)12-24-26(23)33-29(39-24)34-18-6-7-19(34)14-20(13-18)38-15-21(27(35)16-4-5-16)25(32)22-3-1-2-8-30(22)9-10-30/h11-12,16,18-20,22H,1-10,13-15,32H2,(H,36,37)/t18-,19?,20?,22?/m0/s1. The van der Waals surface area contributed by atoms with Crippen molar-refractivity contribution < 1.29 is 23.8 Å². The predicted octanol–water partition coefficient (Wildman–Crippen LogP) is 5.81. The number of rotatable bonds is 8. The third kappa shape index (κ3) is 4.55. The Hall–Kier alpha value is -2.52. The second-order valence-electron chi connectivity index (χ2n) is 12.5. The first-order valence-electron chi connectivity index (χ1n) is 14.6. The highest BCUT2D eigenvalue weighted by Crippen LogP contribution is 2.61. The van der Waals surface area contributed by atoms with Gasteiger partial charge in [-0.1, -0.05) is 24.2 Å². The van der Waals surface area contributed by atoms with Crippen molar-refractivity contribution in [1.82, 2.24) is 4.98 Å². The normalized spacial score (nSPS) is 30.0. The quantitative estimate of drug-likeness (QED) is 0.397. The number of hydrogen-bond donors (Lipinski definition) is 2. The van der Waals surface area contributed by atoms with Gasteiger partial charge in [0.25, 0.3) is 0 Å². The molecule has 7 rings (SSSR count). The third-order valence-electron chi connectivity index (χ3n) is 10.1. The number of carboxylic acid groups (broad SMARTS) is 1. The second-order valence-corrected chi connectivity index (χ2v) is 13.5. The number of halogens is 1. The molecule has 3 unspecified atom stereocenters. The van der Waals surface area contributed by atoms with Gasteiger partial charge in [0.2, 0.25) is 0 Å². The lowest BCUT2D eigenvalue weighted by molar-refractivity contribution is -0.117. The van der Waals surface area contributed by atoms with Crippen LogP contribution in [0.15, 0.2) is 23.4 Å². The van der Waals surface area contributed by atoms with Crippen LogP contribution in [-0.4, -0.2) is 46.6 Å². The van der Waals surface area contributed by atoms with Gasteiger partial charge < -0.3 is 20.5 Å². The highest BCUT2D eigenvalue weighted by molar-refractivity contribution is 7.22. The maximum absolute atomic E-state index is 14.6. The van der Waals surface area contributed by atoms with Gasteiger partial charge >= 0.3 is 5.97 Å². The molecule has 3 N–H and O–H groups in total. The molecule has 9 heteroatoms. The van der Waals surface area contributed by atoms with Crippen LogP contribution in [0.25, 0.3) is 10.2 Å². The minimum Gasteiger partial charge on any atom is -0.478 e. The molecule has 1 spiro atoms. The molecule has 5 aliphatic rings. The summed E-state index contributed by atoms with van der Waals surface area (Å²) in [5, 5.41) is 10.1. The average Bonchev–Trinajstić information content (AvgIpc) is 3.84. The maximum Gasteiger partial charge on any atom is 0.335 e. The molecule has 208 valence electrons. The number of piperidine rings is 1. The van der Waals surface area contributed by atoms with E-state index in [1.165, 1.54) is 49.5 Å². The number of thiazole rings is 1. The molecule has 1 aromatic heterocycles. The van der Waals surface area contributed by atoms with E-state index in [0.717, 1.165) is 67.4 Å². The van der Waals surface area contributed by atoms with Crippen molar-refractivity contribution in [3.8, 4) is 0 Å².